The van der Waals surface area contributed by atoms with E-state index in [2.05, 4.69) is 42.0 Å². The highest BCUT2D eigenvalue weighted by molar-refractivity contribution is 9.10. The van der Waals surface area contributed by atoms with Crippen LogP contribution in [0.2, 0.25) is 0 Å². The first kappa shape index (κ1) is 23.5. The molecule has 2 aromatic heterocycles. The molecular weight excluding hydrogens is 550 g/mol. The van der Waals surface area contributed by atoms with Crippen molar-refractivity contribution in [2.45, 2.75) is 47.7 Å². The van der Waals surface area contributed by atoms with Gasteiger partial charge in [0.1, 0.15) is 0 Å². The fourth-order valence-electron chi connectivity index (χ4n) is 4.07. The molecule has 2 heterocycles. The zero-order valence-electron chi connectivity index (χ0n) is 19.2. The molecule has 4 rings (SSSR count). The summed E-state index contributed by atoms with van der Waals surface area (Å²) in [6.45, 7) is 10.9. The third-order valence-corrected chi connectivity index (χ3v) is 7.60. The van der Waals surface area contributed by atoms with Gasteiger partial charge in [0.15, 0.2) is 0 Å². The summed E-state index contributed by atoms with van der Waals surface area (Å²) in [7, 11) is 0. The Kier molecular flexibility index (Phi) is 6.37. The number of fused-ring (bicyclic) bond motifs is 1. The van der Waals surface area contributed by atoms with Gasteiger partial charge in [-0.25, -0.2) is 9.48 Å². The van der Waals surface area contributed by atoms with Crippen molar-refractivity contribution in [2.24, 2.45) is 4.99 Å². The predicted molar refractivity (Wildman–Crippen MR) is 141 cm³/mol. The minimum atomic E-state index is -0.166. The van der Waals surface area contributed by atoms with Crippen LogP contribution in [0.4, 0.5) is 5.69 Å². The van der Waals surface area contributed by atoms with Crippen LogP contribution in [0.25, 0.3) is 16.7 Å². The quantitative estimate of drug-likeness (QED) is 0.318. The number of rotatable bonds is 5. The molecule has 1 N–H and O–H groups in total. The number of nitrogens with one attached hydrogen (secondary N) is 1. The van der Waals surface area contributed by atoms with Gasteiger partial charge in [-0.3, -0.25) is 24.0 Å². The highest BCUT2D eigenvalue weighted by Crippen LogP contribution is 2.31. The SMILES string of the molecule is CCn1c(=O)n(CC)c2cc(N=Cc3c(C)[nH]n(-c4ccc(Br)c(C)c4C)c3=O)c(Br)cc21. The summed E-state index contributed by atoms with van der Waals surface area (Å²) in [5.41, 5.74) is 6.25. The van der Waals surface area contributed by atoms with E-state index in [1.807, 2.05) is 58.9 Å². The third-order valence-electron chi connectivity index (χ3n) is 6.10. The van der Waals surface area contributed by atoms with E-state index in [-0.39, 0.29) is 11.2 Å². The van der Waals surface area contributed by atoms with E-state index in [9.17, 15) is 9.59 Å². The molecule has 0 bridgehead atoms. The molecule has 0 unspecified atom stereocenters. The van der Waals surface area contributed by atoms with Gasteiger partial charge < -0.3 is 0 Å². The highest BCUT2D eigenvalue weighted by Gasteiger charge is 2.16. The number of aliphatic imine (C=N–C) groups is 1. The molecule has 0 saturated carbocycles. The van der Waals surface area contributed by atoms with Crippen molar-refractivity contribution >= 4 is 54.8 Å². The maximum atomic E-state index is 13.2. The van der Waals surface area contributed by atoms with Crippen LogP contribution in [0.5, 0.6) is 0 Å². The summed E-state index contributed by atoms with van der Waals surface area (Å²) in [5.74, 6) is 0. The van der Waals surface area contributed by atoms with Crippen molar-refractivity contribution in [3.63, 3.8) is 0 Å². The van der Waals surface area contributed by atoms with Gasteiger partial charge in [0, 0.05) is 33.9 Å². The van der Waals surface area contributed by atoms with Crippen molar-refractivity contribution in [1.82, 2.24) is 18.9 Å². The Morgan fingerprint density at radius 2 is 1.58 bits per heavy atom. The molecule has 0 aliphatic heterocycles. The van der Waals surface area contributed by atoms with Crippen LogP contribution in [0.3, 0.4) is 0 Å². The highest BCUT2D eigenvalue weighted by atomic mass is 79.9. The van der Waals surface area contributed by atoms with Crippen molar-refractivity contribution in [3.05, 3.63) is 76.4 Å². The molecule has 0 amide bonds. The van der Waals surface area contributed by atoms with Crippen LogP contribution in [0.15, 0.2) is 47.8 Å². The van der Waals surface area contributed by atoms with Crippen LogP contribution in [0, 0.1) is 20.8 Å². The second kappa shape index (κ2) is 8.95. The van der Waals surface area contributed by atoms with E-state index in [0.717, 1.165) is 42.5 Å². The van der Waals surface area contributed by atoms with Gasteiger partial charge in [0.05, 0.1) is 28.0 Å². The number of hydrogen-bond donors (Lipinski definition) is 1. The lowest BCUT2D eigenvalue weighted by molar-refractivity contribution is 0.671. The van der Waals surface area contributed by atoms with E-state index in [1.54, 1.807) is 20.0 Å². The summed E-state index contributed by atoms with van der Waals surface area (Å²) in [4.78, 5) is 30.5. The fraction of sp³-hybridized carbons (Fsp3) is 0.292. The summed E-state index contributed by atoms with van der Waals surface area (Å²) < 4.78 is 6.80. The maximum Gasteiger partial charge on any atom is 0.329 e. The molecule has 0 saturated heterocycles. The smallest absolute Gasteiger partial charge is 0.295 e. The second-order valence-corrected chi connectivity index (χ2v) is 9.64. The number of nitrogens with zero attached hydrogens (tertiary/aromatic N) is 4. The topological polar surface area (TPSA) is 77.1 Å². The van der Waals surface area contributed by atoms with Crippen LogP contribution in [-0.4, -0.2) is 25.1 Å². The summed E-state index contributed by atoms with van der Waals surface area (Å²) in [6, 6.07) is 7.65. The summed E-state index contributed by atoms with van der Waals surface area (Å²) >= 11 is 7.12. The van der Waals surface area contributed by atoms with Crippen molar-refractivity contribution < 1.29 is 0 Å². The fourth-order valence-corrected chi connectivity index (χ4v) is 4.93. The lowest BCUT2D eigenvalue weighted by Crippen LogP contribution is -2.22. The number of aryl methyl sites for hydroxylation is 3. The Hall–Kier alpha value is -2.65. The molecule has 0 radical (unpaired) electrons. The first-order valence-corrected chi connectivity index (χ1v) is 12.3. The molecular formula is C24H25Br2N5O2. The lowest BCUT2D eigenvalue weighted by Gasteiger charge is -2.10. The van der Waals surface area contributed by atoms with Crippen molar-refractivity contribution in [1.29, 1.82) is 0 Å². The molecule has 0 aliphatic carbocycles. The number of benzene rings is 2. The number of aromatic nitrogens is 4. The van der Waals surface area contributed by atoms with Crippen molar-refractivity contribution in [2.75, 3.05) is 0 Å². The molecule has 7 nitrogen and oxygen atoms in total. The number of hydrogen-bond acceptors (Lipinski definition) is 3. The maximum absolute atomic E-state index is 13.2. The molecule has 2 aromatic carbocycles. The number of H-pyrrole nitrogens is 1. The molecule has 172 valence electrons. The third kappa shape index (κ3) is 3.87. The van der Waals surface area contributed by atoms with Crippen LogP contribution >= 0.6 is 31.9 Å². The Morgan fingerprint density at radius 1 is 0.939 bits per heavy atom. The minimum absolute atomic E-state index is 0.0347. The Morgan fingerprint density at radius 3 is 2.21 bits per heavy atom. The van der Waals surface area contributed by atoms with E-state index in [4.69, 9.17) is 0 Å². The monoisotopic (exact) mass is 573 g/mol. The molecule has 9 heteroatoms. The van der Waals surface area contributed by atoms with Gasteiger partial charge in [-0.2, -0.15) is 0 Å². The normalized spacial score (nSPS) is 11.8. The van der Waals surface area contributed by atoms with E-state index < -0.39 is 0 Å². The predicted octanol–water partition coefficient (Wildman–Crippen LogP) is 5.52. The summed E-state index contributed by atoms with van der Waals surface area (Å²) in [6.07, 6.45) is 1.59. The zero-order valence-corrected chi connectivity index (χ0v) is 22.3. The van der Waals surface area contributed by atoms with Crippen LogP contribution < -0.4 is 11.2 Å². The van der Waals surface area contributed by atoms with Gasteiger partial charge in [-0.05, 0) is 85.9 Å². The van der Waals surface area contributed by atoms with Gasteiger partial charge in [-0.1, -0.05) is 15.9 Å². The molecule has 0 aliphatic rings. The second-order valence-electron chi connectivity index (χ2n) is 7.93. The average Bonchev–Trinajstić information content (AvgIpc) is 3.21. The largest absolute Gasteiger partial charge is 0.329 e. The first-order valence-electron chi connectivity index (χ1n) is 10.7. The average molecular weight is 575 g/mol. The molecule has 4 aromatic rings. The first-order chi connectivity index (χ1) is 15.7. The van der Waals surface area contributed by atoms with E-state index in [1.165, 1.54) is 0 Å². The standard InChI is InChI=1S/C24H25Br2N5O2/c1-6-29-21-10-18(26)19(11-22(21)30(7-2)24(29)33)27-12-16-15(5)28-31(23(16)32)20-9-8-17(25)13(3)14(20)4/h8-12,28H,6-7H2,1-5H3. The number of imidazole rings is 1. The van der Waals surface area contributed by atoms with E-state index in [0.29, 0.717) is 24.3 Å². The zero-order chi connectivity index (χ0) is 24.0. The summed E-state index contributed by atoms with van der Waals surface area (Å²) in [5, 5.41) is 3.17. The van der Waals surface area contributed by atoms with Gasteiger partial charge in [0.25, 0.3) is 5.56 Å². The Labute approximate surface area is 208 Å². The molecule has 0 spiro atoms. The van der Waals surface area contributed by atoms with Crippen LogP contribution in [0.1, 0.15) is 36.2 Å². The molecule has 0 fully saturated rings. The van der Waals surface area contributed by atoms with Gasteiger partial charge >= 0.3 is 5.69 Å². The van der Waals surface area contributed by atoms with Crippen molar-refractivity contribution in [3.8, 4) is 5.69 Å². The lowest BCUT2D eigenvalue weighted by atomic mass is 10.1. The molecule has 0 atom stereocenters. The van der Waals surface area contributed by atoms with E-state index >= 15 is 0 Å². The number of aromatic amines is 1. The number of halogens is 2. The van der Waals surface area contributed by atoms with Crippen LogP contribution in [-0.2, 0) is 13.1 Å². The minimum Gasteiger partial charge on any atom is -0.295 e. The Bertz CT molecular complexity index is 1540. The Balaban J connectivity index is 1.81. The van der Waals surface area contributed by atoms with Gasteiger partial charge in [-0.15, -0.1) is 0 Å². The van der Waals surface area contributed by atoms with Gasteiger partial charge in [0.2, 0.25) is 0 Å². The molecule has 33 heavy (non-hydrogen) atoms.